The summed E-state index contributed by atoms with van der Waals surface area (Å²) in [5.41, 5.74) is 0.930. The monoisotopic (exact) mass is 222 g/mol. The third-order valence-corrected chi connectivity index (χ3v) is 2.70. The fourth-order valence-corrected chi connectivity index (χ4v) is 1.85. The van der Waals surface area contributed by atoms with Gasteiger partial charge in [-0.3, -0.25) is 0 Å². The van der Waals surface area contributed by atoms with Gasteiger partial charge in [0.25, 0.3) is 0 Å². The zero-order valence-electron chi connectivity index (χ0n) is 10.1. The van der Waals surface area contributed by atoms with Crippen LogP contribution in [0, 0.1) is 5.92 Å². The van der Waals surface area contributed by atoms with Gasteiger partial charge < -0.3 is 10.2 Å². The lowest BCUT2D eigenvalue weighted by molar-refractivity contribution is 0.101. The topological polar surface area (TPSA) is 40.5 Å². The van der Waals surface area contributed by atoms with E-state index in [1.165, 1.54) is 0 Å². The van der Waals surface area contributed by atoms with Gasteiger partial charge in [-0.25, -0.2) is 0 Å². The van der Waals surface area contributed by atoms with Crippen molar-refractivity contribution in [3.8, 4) is 0 Å². The number of hydrogen-bond donors (Lipinski definition) is 2. The zero-order chi connectivity index (χ0) is 12.0. The van der Waals surface area contributed by atoms with Crippen LogP contribution in [0.15, 0.2) is 30.3 Å². The van der Waals surface area contributed by atoms with E-state index in [4.69, 9.17) is 0 Å². The molecule has 2 atom stereocenters. The maximum atomic E-state index is 9.89. The molecule has 16 heavy (non-hydrogen) atoms. The Balaban J connectivity index is 2.33. The molecule has 2 nitrogen and oxygen atoms in total. The zero-order valence-corrected chi connectivity index (χ0v) is 10.1. The van der Waals surface area contributed by atoms with Gasteiger partial charge in [0.15, 0.2) is 0 Å². The predicted octanol–water partition coefficient (Wildman–Crippen LogP) is 2.91. The average molecular weight is 222 g/mol. The molecule has 0 aliphatic heterocycles. The van der Waals surface area contributed by atoms with Crippen LogP contribution in [0.25, 0.3) is 0 Å². The summed E-state index contributed by atoms with van der Waals surface area (Å²) in [6.07, 6.45) is 1.34. The average Bonchev–Trinajstić information content (AvgIpc) is 2.26. The highest BCUT2D eigenvalue weighted by molar-refractivity contribution is 5.17. The third kappa shape index (κ3) is 4.77. The van der Waals surface area contributed by atoms with Crippen LogP contribution in [0.2, 0.25) is 0 Å². The van der Waals surface area contributed by atoms with Crippen LogP contribution in [0.4, 0.5) is 0 Å². The molecule has 1 aromatic carbocycles. The quantitative estimate of drug-likeness (QED) is 0.777. The van der Waals surface area contributed by atoms with Crippen LogP contribution in [0.5, 0.6) is 0 Å². The largest absolute Gasteiger partial charge is 0.393 e. The van der Waals surface area contributed by atoms with Gasteiger partial charge in [0.05, 0.1) is 12.2 Å². The Hall–Kier alpha value is -0.860. The molecule has 0 amide bonds. The van der Waals surface area contributed by atoms with Crippen molar-refractivity contribution in [1.29, 1.82) is 0 Å². The van der Waals surface area contributed by atoms with Gasteiger partial charge in [-0.05, 0) is 30.7 Å². The standard InChI is InChI=1S/C14H22O2/c1-11(2)10-13(15)8-9-14(16)12-6-4-3-5-7-12/h3-7,11,13-16H,8-10H2,1-2H3. The minimum Gasteiger partial charge on any atom is -0.393 e. The van der Waals surface area contributed by atoms with Gasteiger partial charge in [-0.1, -0.05) is 44.2 Å². The van der Waals surface area contributed by atoms with E-state index in [1.807, 2.05) is 30.3 Å². The highest BCUT2D eigenvalue weighted by atomic mass is 16.3. The predicted molar refractivity (Wildman–Crippen MR) is 66.1 cm³/mol. The summed E-state index contributed by atoms with van der Waals surface area (Å²) < 4.78 is 0. The Labute approximate surface area is 97.9 Å². The molecule has 0 bridgehead atoms. The van der Waals surface area contributed by atoms with Crippen LogP contribution in [0.1, 0.15) is 44.8 Å². The van der Waals surface area contributed by atoms with Crippen molar-refractivity contribution in [2.24, 2.45) is 5.92 Å². The Bertz CT molecular complexity index is 282. The van der Waals surface area contributed by atoms with Crippen LogP contribution < -0.4 is 0 Å². The molecule has 90 valence electrons. The van der Waals surface area contributed by atoms with E-state index in [1.54, 1.807) is 0 Å². The molecule has 0 fully saturated rings. The minimum atomic E-state index is -0.456. The summed E-state index contributed by atoms with van der Waals surface area (Å²) in [7, 11) is 0. The summed E-state index contributed by atoms with van der Waals surface area (Å²) in [5, 5.41) is 19.6. The van der Waals surface area contributed by atoms with Crippen molar-refractivity contribution in [2.45, 2.75) is 45.3 Å². The van der Waals surface area contributed by atoms with E-state index in [0.717, 1.165) is 12.0 Å². The molecule has 2 heteroatoms. The Morgan fingerprint density at radius 1 is 1.00 bits per heavy atom. The first-order valence-corrected chi connectivity index (χ1v) is 6.00. The molecule has 0 aromatic heterocycles. The fraction of sp³-hybridized carbons (Fsp3) is 0.571. The van der Waals surface area contributed by atoms with E-state index in [2.05, 4.69) is 13.8 Å². The van der Waals surface area contributed by atoms with Gasteiger partial charge in [-0.2, -0.15) is 0 Å². The van der Waals surface area contributed by atoms with E-state index < -0.39 is 6.10 Å². The molecule has 2 N–H and O–H groups in total. The summed E-state index contributed by atoms with van der Waals surface area (Å²) in [6, 6.07) is 9.61. The molecule has 0 saturated heterocycles. The molecule has 0 radical (unpaired) electrons. The fourth-order valence-electron chi connectivity index (χ4n) is 1.85. The van der Waals surface area contributed by atoms with Crippen molar-refractivity contribution in [2.75, 3.05) is 0 Å². The lowest BCUT2D eigenvalue weighted by Gasteiger charge is -2.15. The molecule has 0 saturated carbocycles. The molecular formula is C14H22O2. The number of aliphatic hydroxyl groups excluding tert-OH is 2. The van der Waals surface area contributed by atoms with Gasteiger partial charge in [0.1, 0.15) is 0 Å². The molecule has 0 spiro atoms. The van der Waals surface area contributed by atoms with Crippen LogP contribution in [-0.2, 0) is 0 Å². The van der Waals surface area contributed by atoms with E-state index >= 15 is 0 Å². The van der Waals surface area contributed by atoms with E-state index in [0.29, 0.717) is 18.8 Å². The lowest BCUT2D eigenvalue weighted by Crippen LogP contribution is -2.11. The molecule has 0 aliphatic rings. The maximum Gasteiger partial charge on any atom is 0.0791 e. The van der Waals surface area contributed by atoms with E-state index in [-0.39, 0.29) is 6.10 Å². The van der Waals surface area contributed by atoms with Crippen molar-refractivity contribution in [1.82, 2.24) is 0 Å². The van der Waals surface area contributed by atoms with Crippen molar-refractivity contribution in [3.63, 3.8) is 0 Å². The first-order valence-electron chi connectivity index (χ1n) is 6.00. The first-order chi connectivity index (χ1) is 7.59. The summed E-state index contributed by atoms with van der Waals surface area (Å²) in [5.74, 6) is 0.504. The van der Waals surface area contributed by atoms with Gasteiger partial charge >= 0.3 is 0 Å². The Morgan fingerprint density at radius 3 is 2.19 bits per heavy atom. The third-order valence-electron chi connectivity index (χ3n) is 2.70. The Kier molecular flexibility index (Phi) is 5.50. The SMILES string of the molecule is CC(C)CC(O)CCC(O)c1ccccc1. The van der Waals surface area contributed by atoms with Crippen LogP contribution in [-0.4, -0.2) is 16.3 Å². The molecular weight excluding hydrogens is 200 g/mol. The number of hydrogen-bond acceptors (Lipinski definition) is 2. The first kappa shape index (κ1) is 13.2. The lowest BCUT2D eigenvalue weighted by atomic mass is 9.98. The van der Waals surface area contributed by atoms with Gasteiger partial charge in [0, 0.05) is 0 Å². The molecule has 2 unspecified atom stereocenters. The molecule has 0 heterocycles. The highest BCUT2D eigenvalue weighted by Gasteiger charge is 2.11. The molecule has 1 rings (SSSR count). The number of aliphatic hydroxyl groups is 2. The molecule has 1 aromatic rings. The van der Waals surface area contributed by atoms with Crippen molar-refractivity contribution < 1.29 is 10.2 Å². The van der Waals surface area contributed by atoms with Crippen molar-refractivity contribution in [3.05, 3.63) is 35.9 Å². The van der Waals surface area contributed by atoms with Crippen molar-refractivity contribution >= 4 is 0 Å². The summed E-state index contributed by atoms with van der Waals surface area (Å²) >= 11 is 0. The smallest absolute Gasteiger partial charge is 0.0791 e. The highest BCUT2D eigenvalue weighted by Crippen LogP contribution is 2.20. The van der Waals surface area contributed by atoms with Crippen LogP contribution >= 0.6 is 0 Å². The second-order valence-electron chi connectivity index (χ2n) is 4.79. The number of benzene rings is 1. The maximum absolute atomic E-state index is 9.89. The van der Waals surface area contributed by atoms with Gasteiger partial charge in [0.2, 0.25) is 0 Å². The van der Waals surface area contributed by atoms with Gasteiger partial charge in [-0.15, -0.1) is 0 Å². The second-order valence-corrected chi connectivity index (χ2v) is 4.79. The summed E-state index contributed by atoms with van der Waals surface area (Å²) in [6.45, 7) is 4.19. The van der Waals surface area contributed by atoms with Crippen LogP contribution in [0.3, 0.4) is 0 Å². The summed E-state index contributed by atoms with van der Waals surface area (Å²) in [4.78, 5) is 0. The normalized spacial score (nSPS) is 15.1. The Morgan fingerprint density at radius 2 is 1.62 bits per heavy atom. The van der Waals surface area contributed by atoms with E-state index in [9.17, 15) is 10.2 Å². The second kappa shape index (κ2) is 6.66. The number of rotatable bonds is 6. The molecule has 0 aliphatic carbocycles. The minimum absolute atomic E-state index is 0.293.